The minimum Gasteiger partial charge on any atom is -0.378 e. The molecule has 0 radical (unpaired) electrons. The number of morpholine rings is 1. The van der Waals surface area contributed by atoms with Crippen molar-refractivity contribution >= 4 is 0 Å². The molecule has 40 heavy (non-hydrogen) atoms. The van der Waals surface area contributed by atoms with Crippen LogP contribution in [-0.2, 0) is 14.2 Å². The van der Waals surface area contributed by atoms with Crippen LogP contribution in [0.1, 0.15) is 48.0 Å². The molecular weight excluding hydrogens is 504 g/mol. The molecule has 2 unspecified atom stereocenters. The third kappa shape index (κ3) is 17.6. The van der Waals surface area contributed by atoms with Crippen LogP contribution in [0.25, 0.3) is 0 Å². The van der Waals surface area contributed by atoms with Gasteiger partial charge in [-0.25, -0.2) is 0 Å². The van der Waals surface area contributed by atoms with Crippen LogP contribution < -0.4 is 16.0 Å². The van der Waals surface area contributed by atoms with E-state index in [1.165, 1.54) is 6.42 Å². The lowest BCUT2D eigenvalue weighted by atomic mass is 9.97. The van der Waals surface area contributed by atoms with Crippen LogP contribution in [0.4, 0.5) is 0 Å². The number of likely N-dealkylation sites (N-methyl/N-ethyl adjacent to an activating group) is 1. The van der Waals surface area contributed by atoms with Gasteiger partial charge < -0.3 is 35.1 Å². The van der Waals surface area contributed by atoms with Gasteiger partial charge in [-0.1, -0.05) is 41.5 Å². The van der Waals surface area contributed by atoms with E-state index in [0.717, 1.165) is 98.4 Å². The Labute approximate surface area is 247 Å². The number of rotatable bonds is 24. The Kier molecular flexibility index (Phi) is 19.1. The molecule has 0 bridgehead atoms. The Bertz CT molecular complexity index is 608. The van der Waals surface area contributed by atoms with E-state index in [4.69, 9.17) is 14.2 Å². The number of hydrogen-bond acceptors (Lipinski definition) is 9. The summed E-state index contributed by atoms with van der Waals surface area (Å²) in [4.78, 5) is 7.41. The molecule has 2 fully saturated rings. The number of ether oxygens (including phenoxy) is 3. The molecule has 238 valence electrons. The lowest BCUT2D eigenvalue weighted by Crippen LogP contribution is -2.59. The Morgan fingerprint density at radius 2 is 1.50 bits per heavy atom. The van der Waals surface area contributed by atoms with Crippen molar-refractivity contribution in [1.82, 2.24) is 30.7 Å². The number of hydrogen-bond donors (Lipinski definition) is 3. The minimum atomic E-state index is 0.338. The molecule has 3 N–H and O–H groups in total. The first-order chi connectivity index (χ1) is 19.2. The topological polar surface area (TPSA) is 73.5 Å². The zero-order valence-electron chi connectivity index (χ0n) is 27.3. The van der Waals surface area contributed by atoms with Crippen molar-refractivity contribution < 1.29 is 14.2 Å². The predicted octanol–water partition coefficient (Wildman–Crippen LogP) is 1.83. The molecule has 9 nitrogen and oxygen atoms in total. The second kappa shape index (κ2) is 21.3. The molecule has 0 aromatic rings. The first kappa shape index (κ1) is 35.8. The van der Waals surface area contributed by atoms with Gasteiger partial charge in [0.1, 0.15) is 0 Å². The maximum absolute atomic E-state index is 6.02. The Balaban J connectivity index is 1.35. The van der Waals surface area contributed by atoms with Gasteiger partial charge in [-0.15, -0.1) is 0 Å². The summed E-state index contributed by atoms with van der Waals surface area (Å²) < 4.78 is 17.5. The maximum Gasteiger partial charge on any atom is 0.0829 e. The smallest absolute Gasteiger partial charge is 0.0829 e. The van der Waals surface area contributed by atoms with E-state index < -0.39 is 0 Å². The highest BCUT2D eigenvalue weighted by Gasteiger charge is 2.26. The number of likely N-dealkylation sites (tertiary alicyclic amines) is 1. The molecule has 9 heteroatoms. The predicted molar refractivity (Wildman–Crippen MR) is 167 cm³/mol. The van der Waals surface area contributed by atoms with E-state index in [1.54, 1.807) is 0 Å². The summed E-state index contributed by atoms with van der Waals surface area (Å²) in [6, 6.07) is 1.23. The summed E-state index contributed by atoms with van der Waals surface area (Å²) >= 11 is 0. The Hall–Kier alpha value is -0.360. The molecule has 2 aliphatic rings. The van der Waals surface area contributed by atoms with Crippen LogP contribution in [0.2, 0.25) is 0 Å². The molecule has 0 amide bonds. The summed E-state index contributed by atoms with van der Waals surface area (Å²) in [5.74, 6) is 2.05. The quantitative estimate of drug-likeness (QED) is 0.151. The van der Waals surface area contributed by atoms with E-state index in [9.17, 15) is 0 Å². The van der Waals surface area contributed by atoms with Gasteiger partial charge in [0.25, 0.3) is 0 Å². The molecule has 2 aliphatic heterocycles. The van der Waals surface area contributed by atoms with Crippen molar-refractivity contribution in [1.29, 1.82) is 0 Å². The zero-order chi connectivity index (χ0) is 29.2. The van der Waals surface area contributed by atoms with Gasteiger partial charge in [0.2, 0.25) is 0 Å². The van der Waals surface area contributed by atoms with Gasteiger partial charge in [-0.2, -0.15) is 0 Å². The normalized spacial score (nSPS) is 21.0. The highest BCUT2D eigenvalue weighted by atomic mass is 16.5. The molecule has 0 aromatic heterocycles. The molecule has 0 spiro atoms. The van der Waals surface area contributed by atoms with Crippen LogP contribution in [-0.4, -0.2) is 152 Å². The second-order valence-electron chi connectivity index (χ2n) is 13.3. The van der Waals surface area contributed by atoms with E-state index in [1.807, 2.05) is 0 Å². The first-order valence-electron chi connectivity index (χ1n) is 16.3. The third-order valence-corrected chi connectivity index (χ3v) is 7.68. The molecule has 2 saturated heterocycles. The van der Waals surface area contributed by atoms with Crippen LogP contribution in [0.15, 0.2) is 0 Å². The zero-order valence-corrected chi connectivity index (χ0v) is 27.3. The van der Waals surface area contributed by atoms with Crippen LogP contribution in [0, 0.1) is 17.8 Å². The highest BCUT2D eigenvalue weighted by Crippen LogP contribution is 2.11. The van der Waals surface area contributed by atoms with Crippen molar-refractivity contribution in [2.75, 3.05) is 119 Å². The average molecular weight is 571 g/mol. The van der Waals surface area contributed by atoms with E-state index in [-0.39, 0.29) is 0 Å². The van der Waals surface area contributed by atoms with Crippen LogP contribution in [0.3, 0.4) is 0 Å². The summed E-state index contributed by atoms with van der Waals surface area (Å²) in [6.45, 7) is 30.2. The van der Waals surface area contributed by atoms with E-state index in [2.05, 4.69) is 79.2 Å². The molecular formula is C31H66N6O3. The largest absolute Gasteiger partial charge is 0.378 e. The van der Waals surface area contributed by atoms with Gasteiger partial charge >= 0.3 is 0 Å². The fourth-order valence-corrected chi connectivity index (χ4v) is 5.92. The summed E-state index contributed by atoms with van der Waals surface area (Å²) in [7, 11) is 2.21. The molecule has 2 heterocycles. The van der Waals surface area contributed by atoms with Gasteiger partial charge in [-0.05, 0) is 44.3 Å². The van der Waals surface area contributed by atoms with Crippen molar-refractivity contribution in [2.24, 2.45) is 17.8 Å². The first-order valence-corrected chi connectivity index (χ1v) is 16.3. The Morgan fingerprint density at radius 3 is 2.17 bits per heavy atom. The SMILES string of the molecule is CC(C)CN(C)C[C@@H]1CN(CCNCC(C)CC(C)CNCCOCCOCCN2CC(NC(C)C)C2)CCO1. The lowest BCUT2D eigenvalue weighted by molar-refractivity contribution is -0.0409. The summed E-state index contributed by atoms with van der Waals surface area (Å²) in [5, 5.41) is 10.8. The summed E-state index contributed by atoms with van der Waals surface area (Å²) in [5.41, 5.74) is 0. The molecule has 3 atom stereocenters. The minimum absolute atomic E-state index is 0.338. The fourth-order valence-electron chi connectivity index (χ4n) is 5.92. The van der Waals surface area contributed by atoms with E-state index in [0.29, 0.717) is 49.2 Å². The second-order valence-corrected chi connectivity index (χ2v) is 13.3. The van der Waals surface area contributed by atoms with Gasteiger partial charge in [0, 0.05) is 77.5 Å². The molecule has 0 aliphatic carbocycles. The maximum atomic E-state index is 6.02. The average Bonchev–Trinajstić information content (AvgIpc) is 2.85. The standard InChI is InChI=1S/C31H66N6O3/c1-26(2)21-35(7)24-31-25-36(12-15-40-31)10-8-32-19-28(5)18-29(6)20-33-9-13-38-16-17-39-14-11-37-22-30(23-37)34-27(3)4/h26-34H,8-25H2,1-7H3/t28?,29?,31-/m1/s1. The third-order valence-electron chi connectivity index (χ3n) is 7.68. The van der Waals surface area contributed by atoms with Crippen molar-refractivity contribution in [3.63, 3.8) is 0 Å². The van der Waals surface area contributed by atoms with Gasteiger partial charge in [-0.3, -0.25) is 9.80 Å². The monoisotopic (exact) mass is 571 g/mol. The van der Waals surface area contributed by atoms with Crippen LogP contribution in [0.5, 0.6) is 0 Å². The summed E-state index contributed by atoms with van der Waals surface area (Å²) in [6.07, 6.45) is 1.58. The van der Waals surface area contributed by atoms with Gasteiger partial charge in [0.05, 0.1) is 39.1 Å². The van der Waals surface area contributed by atoms with Crippen molar-refractivity contribution in [3.8, 4) is 0 Å². The van der Waals surface area contributed by atoms with Crippen molar-refractivity contribution in [2.45, 2.75) is 66.2 Å². The highest BCUT2D eigenvalue weighted by molar-refractivity contribution is 4.86. The molecule has 2 rings (SSSR count). The number of nitrogens with zero attached hydrogens (tertiary/aromatic N) is 3. The number of nitrogens with one attached hydrogen (secondary N) is 3. The molecule has 0 aromatic carbocycles. The van der Waals surface area contributed by atoms with Crippen molar-refractivity contribution in [3.05, 3.63) is 0 Å². The Morgan fingerprint density at radius 1 is 0.825 bits per heavy atom. The lowest BCUT2D eigenvalue weighted by Gasteiger charge is -2.40. The van der Waals surface area contributed by atoms with E-state index >= 15 is 0 Å². The fraction of sp³-hybridized carbons (Fsp3) is 1.00. The van der Waals surface area contributed by atoms with Crippen LogP contribution >= 0.6 is 0 Å². The van der Waals surface area contributed by atoms with Gasteiger partial charge in [0.15, 0.2) is 0 Å². The molecule has 0 saturated carbocycles.